The maximum absolute atomic E-state index is 13.7. The molecule has 0 saturated carbocycles. The number of fused-ring (bicyclic) bond motifs is 3. The number of benzene rings is 1. The van der Waals surface area contributed by atoms with Crippen molar-refractivity contribution in [2.24, 2.45) is 5.92 Å². The molecule has 2 aromatic carbocycles. The molecule has 4 rings (SSSR count). The van der Waals surface area contributed by atoms with Gasteiger partial charge in [0.2, 0.25) is 23.0 Å². The second kappa shape index (κ2) is 14.1. The number of anilines is 1. The third-order valence-corrected chi connectivity index (χ3v) is 7.52. The van der Waals surface area contributed by atoms with Gasteiger partial charge in [-0.25, -0.2) is 0 Å². The van der Waals surface area contributed by atoms with Gasteiger partial charge < -0.3 is 34.6 Å². The van der Waals surface area contributed by atoms with Gasteiger partial charge in [0.25, 0.3) is 0 Å². The highest BCUT2D eigenvalue weighted by Gasteiger charge is 2.30. The lowest BCUT2D eigenvalue weighted by atomic mass is 9.95. The van der Waals surface area contributed by atoms with Crippen LogP contribution in [-0.4, -0.2) is 45.7 Å². The van der Waals surface area contributed by atoms with E-state index in [4.69, 9.17) is 18.6 Å². The van der Waals surface area contributed by atoms with Crippen molar-refractivity contribution in [3.05, 3.63) is 69.8 Å². The Kier molecular flexibility index (Phi) is 10.3. The number of hydrogen-bond donors (Lipinski definition) is 3. The molecule has 1 heterocycles. The minimum Gasteiger partial charge on any atom is -0.493 e. The van der Waals surface area contributed by atoms with E-state index < -0.39 is 12.1 Å². The summed E-state index contributed by atoms with van der Waals surface area (Å²) in [5.74, 6) is 2.01. The molecule has 0 bridgehead atoms. The van der Waals surface area contributed by atoms with E-state index in [1.54, 1.807) is 39.7 Å². The molecule has 2 amide bonds. The lowest BCUT2D eigenvalue weighted by molar-refractivity contribution is -0.122. The van der Waals surface area contributed by atoms with E-state index >= 15 is 0 Å². The second-order valence-corrected chi connectivity index (χ2v) is 11.0. The number of rotatable bonds is 12. The summed E-state index contributed by atoms with van der Waals surface area (Å²) in [5.41, 5.74) is 3.06. The summed E-state index contributed by atoms with van der Waals surface area (Å²) < 4.78 is 22.5. The molecule has 0 aliphatic heterocycles. The van der Waals surface area contributed by atoms with E-state index in [1.807, 2.05) is 38.1 Å². The Hall–Kier alpha value is -4.47. The number of ether oxygens (including phenoxy) is 3. The monoisotopic (exact) mass is 591 g/mol. The lowest BCUT2D eigenvalue weighted by Crippen LogP contribution is -2.42. The Morgan fingerprint density at radius 2 is 1.81 bits per heavy atom. The Morgan fingerprint density at radius 1 is 1.05 bits per heavy atom. The van der Waals surface area contributed by atoms with Gasteiger partial charge in [0, 0.05) is 25.5 Å². The third kappa shape index (κ3) is 7.31. The Balaban J connectivity index is 1.78. The van der Waals surface area contributed by atoms with Crippen molar-refractivity contribution in [2.75, 3.05) is 33.2 Å². The predicted octanol–water partition coefficient (Wildman–Crippen LogP) is 4.64. The minimum atomic E-state index is -0.635. The molecule has 2 atom stereocenters. The molecule has 10 nitrogen and oxygen atoms in total. The third-order valence-electron chi connectivity index (χ3n) is 7.52. The molecule has 0 fully saturated rings. The molecule has 0 spiro atoms. The van der Waals surface area contributed by atoms with Crippen molar-refractivity contribution in [1.29, 1.82) is 0 Å². The zero-order valence-corrected chi connectivity index (χ0v) is 25.7. The molecule has 10 heteroatoms. The van der Waals surface area contributed by atoms with Crippen molar-refractivity contribution in [2.45, 2.75) is 58.5 Å². The number of nitrogens with one attached hydrogen (secondary N) is 3. The van der Waals surface area contributed by atoms with Gasteiger partial charge in [0.15, 0.2) is 11.5 Å². The van der Waals surface area contributed by atoms with E-state index in [1.165, 1.54) is 6.92 Å². The van der Waals surface area contributed by atoms with Gasteiger partial charge >= 0.3 is 0 Å². The highest BCUT2D eigenvalue weighted by molar-refractivity contribution is 5.86. The summed E-state index contributed by atoms with van der Waals surface area (Å²) in [7, 11) is 4.67. The van der Waals surface area contributed by atoms with Crippen LogP contribution in [-0.2, 0) is 22.4 Å². The summed E-state index contributed by atoms with van der Waals surface area (Å²) >= 11 is 0. The largest absolute Gasteiger partial charge is 0.493 e. The molecular weight excluding hydrogens is 550 g/mol. The van der Waals surface area contributed by atoms with Crippen LogP contribution in [0.15, 0.2) is 51.9 Å². The van der Waals surface area contributed by atoms with Crippen LogP contribution in [0.3, 0.4) is 0 Å². The van der Waals surface area contributed by atoms with Gasteiger partial charge in [-0.1, -0.05) is 19.9 Å². The van der Waals surface area contributed by atoms with Gasteiger partial charge in [-0.2, -0.15) is 0 Å². The van der Waals surface area contributed by atoms with Crippen LogP contribution in [0.5, 0.6) is 17.2 Å². The average molecular weight is 592 g/mol. The quantitative estimate of drug-likeness (QED) is 0.278. The second-order valence-electron chi connectivity index (χ2n) is 11.0. The molecule has 1 aliphatic carbocycles. The maximum atomic E-state index is 13.7. The summed E-state index contributed by atoms with van der Waals surface area (Å²) in [6.45, 7) is 5.92. The molecule has 1 aromatic heterocycles. The maximum Gasteiger partial charge on any atom is 0.242 e. The normalized spacial score (nSPS) is 14.5. The fourth-order valence-electron chi connectivity index (χ4n) is 5.60. The molecule has 3 aromatic rings. The standard InChI is InChI=1S/C33H41N3O7/c1-19(2)16-27(33(39)34-14-13-22-8-7-15-43-22)36-26-12-10-23-24(18-28(26)38)25(35-20(3)37)11-9-21-17-29(40-4)31(41-5)32(42-6)30(21)23/h7-8,10,12,15,17-19,25,27H,9,11,13-14,16H2,1-6H3,(H,34,39)(H,35,37)(H,36,38)/t25-,27-/m0/s1. The number of hydrogen-bond acceptors (Lipinski definition) is 8. The van der Waals surface area contributed by atoms with Crippen LogP contribution < -0.4 is 35.6 Å². The predicted molar refractivity (Wildman–Crippen MR) is 165 cm³/mol. The Labute approximate surface area is 252 Å². The number of furan rings is 1. The first-order valence-electron chi connectivity index (χ1n) is 14.5. The SMILES string of the molecule is COc1cc2c(c(OC)c1OC)-c1ccc(N[C@@H](CC(C)C)C(=O)NCCc3ccco3)c(=O)cc1[C@@H](NC(C)=O)CC2. The Morgan fingerprint density at radius 3 is 2.44 bits per heavy atom. The van der Waals surface area contributed by atoms with Gasteiger partial charge in [-0.15, -0.1) is 0 Å². The summed E-state index contributed by atoms with van der Waals surface area (Å²) in [6, 6.07) is 9.60. The van der Waals surface area contributed by atoms with Gasteiger partial charge in [-0.3, -0.25) is 14.4 Å². The number of carbonyl (C=O) groups excluding carboxylic acids is 2. The highest BCUT2D eigenvalue weighted by atomic mass is 16.5. The summed E-state index contributed by atoms with van der Waals surface area (Å²) in [6.07, 6.45) is 3.84. The fraction of sp³-hybridized carbons (Fsp3) is 0.424. The minimum absolute atomic E-state index is 0.195. The molecule has 0 radical (unpaired) electrons. The first-order valence-corrected chi connectivity index (χ1v) is 14.5. The van der Waals surface area contributed by atoms with Crippen LogP contribution in [0.25, 0.3) is 11.1 Å². The van der Waals surface area contributed by atoms with Crippen molar-refractivity contribution in [3.8, 4) is 28.4 Å². The zero-order valence-electron chi connectivity index (χ0n) is 25.7. The first-order chi connectivity index (χ1) is 20.7. The highest BCUT2D eigenvalue weighted by Crippen LogP contribution is 2.50. The molecule has 3 N–H and O–H groups in total. The van der Waals surface area contributed by atoms with Gasteiger partial charge in [0.1, 0.15) is 11.8 Å². The van der Waals surface area contributed by atoms with Crippen LogP contribution in [0.4, 0.5) is 5.69 Å². The summed E-state index contributed by atoms with van der Waals surface area (Å²) in [5, 5.41) is 9.20. The molecule has 43 heavy (non-hydrogen) atoms. The van der Waals surface area contributed by atoms with E-state index in [2.05, 4.69) is 16.0 Å². The zero-order chi connectivity index (χ0) is 31.1. The number of carbonyl (C=O) groups is 2. The summed E-state index contributed by atoms with van der Waals surface area (Å²) in [4.78, 5) is 39.2. The van der Waals surface area contributed by atoms with Crippen LogP contribution in [0.2, 0.25) is 0 Å². The van der Waals surface area contributed by atoms with Crippen LogP contribution >= 0.6 is 0 Å². The van der Waals surface area contributed by atoms with E-state index in [-0.39, 0.29) is 28.8 Å². The van der Waals surface area contributed by atoms with Crippen molar-refractivity contribution < 1.29 is 28.2 Å². The van der Waals surface area contributed by atoms with Crippen molar-refractivity contribution >= 4 is 17.5 Å². The van der Waals surface area contributed by atoms with Gasteiger partial charge in [-0.05, 0) is 72.2 Å². The lowest BCUT2D eigenvalue weighted by Gasteiger charge is -2.20. The van der Waals surface area contributed by atoms with E-state index in [9.17, 15) is 14.4 Å². The topological polar surface area (TPSA) is 128 Å². The molecule has 230 valence electrons. The number of methoxy groups -OCH3 is 3. The fourth-order valence-corrected chi connectivity index (χ4v) is 5.60. The number of aryl methyl sites for hydroxylation is 1. The van der Waals surface area contributed by atoms with Crippen molar-refractivity contribution in [1.82, 2.24) is 10.6 Å². The Bertz CT molecular complexity index is 1500. The number of amides is 2. The van der Waals surface area contributed by atoms with E-state index in [0.717, 1.165) is 22.5 Å². The van der Waals surface area contributed by atoms with Crippen LogP contribution in [0.1, 0.15) is 56.5 Å². The average Bonchev–Trinajstić information content (AvgIpc) is 3.39. The van der Waals surface area contributed by atoms with Gasteiger partial charge in [0.05, 0.1) is 39.3 Å². The van der Waals surface area contributed by atoms with Crippen molar-refractivity contribution in [3.63, 3.8) is 0 Å². The molecule has 1 aliphatic rings. The first kappa shape index (κ1) is 31.5. The van der Waals surface area contributed by atoms with Crippen LogP contribution in [0, 0.1) is 5.92 Å². The molecule has 0 unspecified atom stereocenters. The smallest absolute Gasteiger partial charge is 0.242 e. The van der Waals surface area contributed by atoms with E-state index in [0.29, 0.717) is 55.0 Å². The molecular formula is C33H41N3O7. The molecule has 0 saturated heterocycles.